The van der Waals surface area contributed by atoms with E-state index in [0.717, 1.165) is 28.4 Å². The van der Waals surface area contributed by atoms with Crippen LogP contribution in [0.3, 0.4) is 0 Å². The van der Waals surface area contributed by atoms with Gasteiger partial charge in [0, 0.05) is 24.0 Å². The van der Waals surface area contributed by atoms with Crippen LogP contribution in [-0.4, -0.2) is 35.9 Å². The first kappa shape index (κ1) is 26.5. The van der Waals surface area contributed by atoms with Gasteiger partial charge in [-0.3, -0.25) is 9.59 Å². The summed E-state index contributed by atoms with van der Waals surface area (Å²) in [7, 11) is 0. The Bertz CT molecular complexity index is 1070. The molecule has 6 heteroatoms. The lowest BCUT2D eigenvalue weighted by Gasteiger charge is -2.31. The summed E-state index contributed by atoms with van der Waals surface area (Å²) in [4.78, 5) is 28.5. The Morgan fingerprint density at radius 2 is 1.54 bits per heavy atom. The van der Waals surface area contributed by atoms with Gasteiger partial charge in [-0.25, -0.2) is 0 Å². The normalized spacial score (nSPS) is 11.5. The molecule has 5 nitrogen and oxygen atoms in total. The zero-order chi connectivity index (χ0) is 25.0. The number of carbonyl (C=O) groups is 2. The van der Waals surface area contributed by atoms with E-state index in [1.807, 2.05) is 85.8 Å². The number of benzene rings is 3. The van der Waals surface area contributed by atoms with E-state index in [4.69, 9.17) is 4.74 Å². The molecule has 0 radical (unpaired) electrons. The predicted octanol–water partition coefficient (Wildman–Crippen LogP) is 5.56. The molecule has 0 aliphatic rings. The molecule has 1 atom stereocenters. The lowest BCUT2D eigenvalue weighted by atomic mass is 10.0. The number of rotatable bonds is 12. The van der Waals surface area contributed by atoms with Crippen molar-refractivity contribution in [2.24, 2.45) is 0 Å². The second-order valence-electron chi connectivity index (χ2n) is 8.43. The van der Waals surface area contributed by atoms with Crippen molar-refractivity contribution in [1.29, 1.82) is 0 Å². The van der Waals surface area contributed by atoms with Crippen molar-refractivity contribution in [2.45, 2.75) is 45.7 Å². The summed E-state index contributed by atoms with van der Waals surface area (Å²) in [5.74, 6) is 0.239. The number of hydrogen-bond donors (Lipinski definition) is 1. The minimum absolute atomic E-state index is 0.144. The first-order chi connectivity index (χ1) is 17.0. The number of halogens is 1. The van der Waals surface area contributed by atoms with Crippen LogP contribution >= 0.6 is 15.9 Å². The highest BCUT2D eigenvalue weighted by atomic mass is 79.9. The molecule has 2 amide bonds. The van der Waals surface area contributed by atoms with E-state index >= 15 is 0 Å². The van der Waals surface area contributed by atoms with Crippen LogP contribution in [0.1, 0.15) is 37.0 Å². The van der Waals surface area contributed by atoms with Gasteiger partial charge in [-0.05, 0) is 53.8 Å². The molecule has 3 aromatic rings. The van der Waals surface area contributed by atoms with Gasteiger partial charge in [0.1, 0.15) is 11.8 Å². The summed E-state index contributed by atoms with van der Waals surface area (Å²) in [6.07, 6.45) is 2.18. The average molecular weight is 537 g/mol. The third-order valence-corrected chi connectivity index (χ3v) is 6.31. The molecule has 3 rings (SSSR count). The number of nitrogens with one attached hydrogen (secondary N) is 1. The standard InChI is InChI=1S/C29H33BrN2O3/c1-3-18-31-29(34)27(19-23-8-6-5-7-9-23)32(20-24-10-14-25(30)15-11-24)28(33)21-35-26-16-12-22(4-2)13-17-26/h5-17,27H,3-4,18-21H2,1-2H3,(H,31,34)/t27-/m0/s1. The van der Waals surface area contributed by atoms with Crippen LogP contribution in [0.5, 0.6) is 5.75 Å². The second kappa shape index (κ2) is 13.7. The minimum atomic E-state index is -0.661. The number of ether oxygens (including phenoxy) is 1. The van der Waals surface area contributed by atoms with Gasteiger partial charge in [-0.2, -0.15) is 0 Å². The van der Waals surface area contributed by atoms with Crippen LogP contribution in [-0.2, 0) is 29.0 Å². The van der Waals surface area contributed by atoms with E-state index in [2.05, 4.69) is 28.2 Å². The zero-order valence-corrected chi connectivity index (χ0v) is 22.0. The molecule has 0 spiro atoms. The molecule has 0 bridgehead atoms. The molecule has 3 aromatic carbocycles. The van der Waals surface area contributed by atoms with Crippen molar-refractivity contribution < 1.29 is 14.3 Å². The first-order valence-corrected chi connectivity index (χ1v) is 12.9. The Balaban J connectivity index is 1.86. The van der Waals surface area contributed by atoms with Crippen LogP contribution in [0.15, 0.2) is 83.3 Å². The fourth-order valence-corrected chi connectivity index (χ4v) is 4.02. The van der Waals surface area contributed by atoms with E-state index in [-0.39, 0.29) is 18.4 Å². The molecule has 0 heterocycles. The second-order valence-corrected chi connectivity index (χ2v) is 9.35. The van der Waals surface area contributed by atoms with Gasteiger partial charge >= 0.3 is 0 Å². The summed E-state index contributed by atoms with van der Waals surface area (Å²) in [6, 6.07) is 24.7. The molecular formula is C29H33BrN2O3. The maximum Gasteiger partial charge on any atom is 0.261 e. The number of aryl methyl sites for hydroxylation is 1. The molecular weight excluding hydrogens is 504 g/mol. The van der Waals surface area contributed by atoms with Crippen LogP contribution in [0.25, 0.3) is 0 Å². The molecule has 0 aliphatic heterocycles. The van der Waals surface area contributed by atoms with Crippen LogP contribution in [0.4, 0.5) is 0 Å². The topological polar surface area (TPSA) is 58.6 Å². The fraction of sp³-hybridized carbons (Fsp3) is 0.310. The quantitative estimate of drug-likeness (QED) is 0.329. The Morgan fingerprint density at radius 3 is 2.17 bits per heavy atom. The smallest absolute Gasteiger partial charge is 0.261 e. The van der Waals surface area contributed by atoms with Crippen molar-refractivity contribution in [3.8, 4) is 5.75 Å². The van der Waals surface area contributed by atoms with Crippen molar-refractivity contribution in [2.75, 3.05) is 13.2 Å². The Hall–Kier alpha value is -3.12. The summed E-state index contributed by atoms with van der Waals surface area (Å²) >= 11 is 3.46. The van der Waals surface area contributed by atoms with Crippen LogP contribution in [0.2, 0.25) is 0 Å². The van der Waals surface area contributed by atoms with E-state index in [9.17, 15) is 9.59 Å². The highest BCUT2D eigenvalue weighted by molar-refractivity contribution is 9.10. The van der Waals surface area contributed by atoms with Gasteiger partial charge in [0.2, 0.25) is 5.91 Å². The molecule has 0 saturated heterocycles. The molecule has 35 heavy (non-hydrogen) atoms. The molecule has 0 unspecified atom stereocenters. The SMILES string of the molecule is CCCNC(=O)[C@H](Cc1ccccc1)N(Cc1ccc(Br)cc1)C(=O)COc1ccc(CC)cc1. The van der Waals surface area contributed by atoms with Gasteiger partial charge in [0.05, 0.1) is 0 Å². The van der Waals surface area contributed by atoms with Crippen molar-refractivity contribution >= 4 is 27.7 Å². The number of amides is 2. The summed E-state index contributed by atoms with van der Waals surface area (Å²) in [5.41, 5.74) is 3.14. The highest BCUT2D eigenvalue weighted by Crippen LogP contribution is 2.18. The van der Waals surface area contributed by atoms with E-state index in [1.54, 1.807) is 4.90 Å². The Labute approximate surface area is 216 Å². The lowest BCUT2D eigenvalue weighted by molar-refractivity contribution is -0.142. The van der Waals surface area contributed by atoms with Crippen molar-refractivity contribution in [1.82, 2.24) is 10.2 Å². The molecule has 1 N–H and O–H groups in total. The average Bonchev–Trinajstić information content (AvgIpc) is 2.89. The molecule has 0 aliphatic carbocycles. The number of carbonyl (C=O) groups excluding carboxylic acids is 2. The minimum Gasteiger partial charge on any atom is -0.484 e. The maximum absolute atomic E-state index is 13.5. The monoisotopic (exact) mass is 536 g/mol. The third-order valence-electron chi connectivity index (χ3n) is 5.78. The zero-order valence-electron chi connectivity index (χ0n) is 20.4. The van der Waals surface area contributed by atoms with Gasteiger partial charge in [0.25, 0.3) is 5.91 Å². The van der Waals surface area contributed by atoms with Crippen LogP contribution in [0, 0.1) is 0 Å². The number of nitrogens with zero attached hydrogens (tertiary/aromatic N) is 1. The van der Waals surface area contributed by atoms with Gasteiger partial charge in [0.15, 0.2) is 6.61 Å². The number of hydrogen-bond acceptors (Lipinski definition) is 3. The summed E-state index contributed by atoms with van der Waals surface area (Å²) in [5, 5.41) is 2.99. The van der Waals surface area contributed by atoms with E-state index in [1.165, 1.54) is 5.56 Å². The van der Waals surface area contributed by atoms with E-state index < -0.39 is 6.04 Å². The Morgan fingerprint density at radius 1 is 0.886 bits per heavy atom. The summed E-state index contributed by atoms with van der Waals surface area (Å²) in [6.45, 7) is 4.82. The molecule has 0 fully saturated rings. The lowest BCUT2D eigenvalue weighted by Crippen LogP contribution is -2.51. The molecule has 0 aromatic heterocycles. The predicted molar refractivity (Wildman–Crippen MR) is 143 cm³/mol. The van der Waals surface area contributed by atoms with Crippen molar-refractivity contribution in [3.05, 3.63) is 100 Å². The third kappa shape index (κ3) is 8.25. The highest BCUT2D eigenvalue weighted by Gasteiger charge is 2.30. The molecule has 0 saturated carbocycles. The maximum atomic E-state index is 13.5. The first-order valence-electron chi connectivity index (χ1n) is 12.1. The van der Waals surface area contributed by atoms with E-state index in [0.29, 0.717) is 25.3 Å². The van der Waals surface area contributed by atoms with Gasteiger partial charge in [-0.1, -0.05) is 84.4 Å². The van der Waals surface area contributed by atoms with Crippen LogP contribution < -0.4 is 10.1 Å². The van der Waals surface area contributed by atoms with Gasteiger partial charge < -0.3 is 15.0 Å². The fourth-order valence-electron chi connectivity index (χ4n) is 3.76. The van der Waals surface area contributed by atoms with Gasteiger partial charge in [-0.15, -0.1) is 0 Å². The molecule has 184 valence electrons. The van der Waals surface area contributed by atoms with Crippen molar-refractivity contribution in [3.63, 3.8) is 0 Å². The largest absolute Gasteiger partial charge is 0.484 e. The summed E-state index contributed by atoms with van der Waals surface area (Å²) < 4.78 is 6.79. The Kier molecular flexibility index (Phi) is 10.4.